The molecule has 1 saturated heterocycles. The minimum absolute atomic E-state index is 0.138. The largest absolute Gasteiger partial charge is 0.394 e. The summed E-state index contributed by atoms with van der Waals surface area (Å²) in [6, 6.07) is 9.73. The van der Waals surface area contributed by atoms with Crippen LogP contribution in [0.5, 0.6) is 0 Å². The molecule has 0 saturated carbocycles. The molecule has 5 N–H and O–H groups in total. The smallest absolute Gasteiger partial charge is 0.203 e. The number of aliphatic hydroxyl groups is 3. The molecule has 2 aromatic rings. The van der Waals surface area contributed by atoms with E-state index in [1.54, 1.807) is 6.20 Å². The van der Waals surface area contributed by atoms with Crippen LogP contribution in [0.4, 0.5) is 5.82 Å². The zero-order valence-electron chi connectivity index (χ0n) is 12.8. The monoisotopic (exact) mass is 349 g/mol. The lowest BCUT2D eigenvalue weighted by Crippen LogP contribution is -2.33. The number of aliphatic hydroxyl groups excluding tert-OH is 3. The summed E-state index contributed by atoms with van der Waals surface area (Å²) in [5.41, 5.74) is 7.75. The van der Waals surface area contributed by atoms with E-state index >= 15 is 0 Å². The Hall–Kier alpha value is -1.84. The van der Waals surface area contributed by atoms with Crippen LogP contribution in [0.25, 0.3) is 0 Å². The zero-order chi connectivity index (χ0) is 17.3. The summed E-state index contributed by atoms with van der Waals surface area (Å²) in [4.78, 5) is 4.14. The molecular formula is C16H19N3O4S. The molecule has 8 heteroatoms. The van der Waals surface area contributed by atoms with Gasteiger partial charge >= 0.3 is 0 Å². The molecule has 0 spiro atoms. The lowest BCUT2D eigenvalue weighted by Gasteiger charge is -2.20. The molecular weight excluding hydrogens is 330 g/mol. The van der Waals surface area contributed by atoms with Crippen molar-refractivity contribution < 1.29 is 20.1 Å². The highest BCUT2D eigenvalue weighted by Crippen LogP contribution is 2.30. The Morgan fingerprint density at radius 3 is 2.54 bits per heavy atom. The molecule has 0 bridgehead atoms. The number of aromatic nitrogens is 2. The van der Waals surface area contributed by atoms with Crippen molar-refractivity contribution in [3.05, 3.63) is 52.4 Å². The minimum Gasteiger partial charge on any atom is -0.394 e. The van der Waals surface area contributed by atoms with Gasteiger partial charge in [0.1, 0.15) is 24.1 Å². The third-order valence-electron chi connectivity index (χ3n) is 4.09. The van der Waals surface area contributed by atoms with E-state index in [0.29, 0.717) is 12.2 Å². The van der Waals surface area contributed by atoms with Crippen LogP contribution in [-0.2, 0) is 11.2 Å². The van der Waals surface area contributed by atoms with Gasteiger partial charge in [0.15, 0.2) is 6.23 Å². The van der Waals surface area contributed by atoms with Gasteiger partial charge in [0.2, 0.25) is 4.77 Å². The summed E-state index contributed by atoms with van der Waals surface area (Å²) in [6.45, 7) is -0.401. The Morgan fingerprint density at radius 1 is 1.21 bits per heavy atom. The van der Waals surface area contributed by atoms with Gasteiger partial charge in [0, 0.05) is 18.2 Å². The van der Waals surface area contributed by atoms with Gasteiger partial charge in [-0.15, -0.1) is 0 Å². The van der Waals surface area contributed by atoms with Crippen molar-refractivity contribution in [2.45, 2.75) is 31.0 Å². The number of nitrogen functional groups attached to an aromatic ring is 1. The first kappa shape index (κ1) is 17.0. The van der Waals surface area contributed by atoms with E-state index in [0.717, 1.165) is 11.1 Å². The molecule has 1 fully saturated rings. The maximum Gasteiger partial charge on any atom is 0.203 e. The van der Waals surface area contributed by atoms with Crippen molar-refractivity contribution in [1.82, 2.24) is 9.55 Å². The van der Waals surface area contributed by atoms with E-state index in [2.05, 4.69) is 4.98 Å². The zero-order valence-corrected chi connectivity index (χ0v) is 13.6. The summed E-state index contributed by atoms with van der Waals surface area (Å²) in [6.07, 6.45) is -1.99. The van der Waals surface area contributed by atoms with E-state index in [-0.39, 0.29) is 4.77 Å². The second-order valence-corrected chi connectivity index (χ2v) is 6.10. The Balaban J connectivity index is 1.94. The molecule has 2 heterocycles. The molecule has 0 amide bonds. The van der Waals surface area contributed by atoms with Crippen LogP contribution in [0.2, 0.25) is 0 Å². The van der Waals surface area contributed by atoms with Crippen molar-refractivity contribution in [1.29, 1.82) is 0 Å². The lowest BCUT2D eigenvalue weighted by molar-refractivity contribution is -0.0541. The van der Waals surface area contributed by atoms with Gasteiger partial charge in [0.05, 0.1) is 6.61 Å². The quantitative estimate of drug-likeness (QED) is 0.591. The fraction of sp³-hybridized carbons (Fsp3) is 0.375. The van der Waals surface area contributed by atoms with E-state index in [1.807, 2.05) is 30.3 Å². The first-order chi connectivity index (χ1) is 11.5. The van der Waals surface area contributed by atoms with Gasteiger partial charge in [-0.05, 0) is 17.8 Å². The van der Waals surface area contributed by atoms with Crippen LogP contribution in [0.1, 0.15) is 17.4 Å². The average molecular weight is 349 g/mol. The topological polar surface area (TPSA) is 114 Å². The summed E-state index contributed by atoms with van der Waals surface area (Å²) in [5, 5.41) is 29.3. The molecule has 0 unspecified atom stereocenters. The number of benzene rings is 1. The first-order valence-electron chi connectivity index (χ1n) is 7.55. The number of hydrogen-bond acceptors (Lipinski definition) is 7. The number of anilines is 1. The Kier molecular flexibility index (Phi) is 4.93. The van der Waals surface area contributed by atoms with Gasteiger partial charge in [-0.2, -0.15) is 0 Å². The van der Waals surface area contributed by atoms with Crippen LogP contribution in [-0.4, -0.2) is 49.8 Å². The molecule has 1 aromatic heterocycles. The fourth-order valence-corrected chi connectivity index (χ4v) is 3.02. The van der Waals surface area contributed by atoms with Gasteiger partial charge in [-0.25, -0.2) is 4.98 Å². The Morgan fingerprint density at radius 2 is 1.92 bits per heavy atom. The molecule has 3 rings (SSSR count). The van der Waals surface area contributed by atoms with E-state index in [1.165, 1.54) is 4.57 Å². The predicted molar refractivity (Wildman–Crippen MR) is 89.7 cm³/mol. The molecule has 0 radical (unpaired) electrons. The SMILES string of the molecule is Nc1nc(=S)n([C@@H]2O[C@H](CO)[C@@H](O)[C@@H]2O)cc1Cc1ccccc1. The minimum atomic E-state index is -1.22. The van der Waals surface area contributed by atoms with Crippen LogP contribution in [0, 0.1) is 4.77 Å². The molecule has 128 valence electrons. The average Bonchev–Trinajstić information content (AvgIpc) is 2.86. The van der Waals surface area contributed by atoms with Crippen LogP contribution < -0.4 is 5.73 Å². The van der Waals surface area contributed by atoms with Gasteiger partial charge in [0.25, 0.3) is 0 Å². The summed E-state index contributed by atoms with van der Waals surface area (Å²) in [7, 11) is 0. The normalized spacial score (nSPS) is 26.6. The third-order valence-corrected chi connectivity index (χ3v) is 4.39. The van der Waals surface area contributed by atoms with Crippen LogP contribution in [0.3, 0.4) is 0 Å². The maximum absolute atomic E-state index is 10.2. The maximum atomic E-state index is 10.2. The highest BCUT2D eigenvalue weighted by atomic mass is 32.1. The lowest BCUT2D eigenvalue weighted by atomic mass is 10.1. The van der Waals surface area contributed by atoms with E-state index in [4.69, 9.17) is 22.7 Å². The number of nitrogens with two attached hydrogens (primary N) is 1. The molecule has 1 aliphatic rings. The summed E-state index contributed by atoms with van der Waals surface area (Å²) >= 11 is 5.20. The molecule has 0 aliphatic carbocycles. The summed E-state index contributed by atoms with van der Waals surface area (Å²) in [5.74, 6) is 0.312. The van der Waals surface area contributed by atoms with Gasteiger partial charge in [-0.1, -0.05) is 30.3 Å². The third kappa shape index (κ3) is 3.19. The molecule has 1 aromatic carbocycles. The number of rotatable bonds is 4. The predicted octanol–water partition coefficient (Wildman–Crippen LogP) is 0.397. The fourth-order valence-electron chi connectivity index (χ4n) is 2.77. The summed E-state index contributed by atoms with van der Waals surface area (Å²) < 4.78 is 7.12. The van der Waals surface area contributed by atoms with Crippen LogP contribution >= 0.6 is 12.2 Å². The van der Waals surface area contributed by atoms with Gasteiger partial charge in [-0.3, -0.25) is 4.57 Å². The first-order valence-corrected chi connectivity index (χ1v) is 7.96. The van der Waals surface area contributed by atoms with E-state index in [9.17, 15) is 15.3 Å². The highest BCUT2D eigenvalue weighted by Gasteiger charge is 2.43. The van der Waals surface area contributed by atoms with Crippen LogP contribution in [0.15, 0.2) is 36.5 Å². The Labute approximate surface area is 144 Å². The van der Waals surface area contributed by atoms with Crippen molar-refractivity contribution in [2.75, 3.05) is 12.3 Å². The molecule has 24 heavy (non-hydrogen) atoms. The molecule has 1 aliphatic heterocycles. The second-order valence-electron chi connectivity index (χ2n) is 5.73. The van der Waals surface area contributed by atoms with Crippen molar-refractivity contribution in [3.8, 4) is 0 Å². The second kappa shape index (κ2) is 6.96. The Bertz CT molecular complexity index is 768. The van der Waals surface area contributed by atoms with E-state index < -0.39 is 31.1 Å². The van der Waals surface area contributed by atoms with Crippen molar-refractivity contribution >= 4 is 18.0 Å². The molecule has 4 atom stereocenters. The van der Waals surface area contributed by atoms with Gasteiger partial charge < -0.3 is 25.8 Å². The highest BCUT2D eigenvalue weighted by molar-refractivity contribution is 7.71. The standard InChI is InChI=1S/C16H19N3O4S/c17-14-10(6-9-4-2-1-3-5-9)7-19(16(24)18-14)15-13(22)12(21)11(8-20)23-15/h1-5,7,11-13,15,20-22H,6,8H2,(H2,17,18,24)/t11-,12-,13+,15-/m1/s1. The molecule has 7 nitrogen and oxygen atoms in total. The number of nitrogens with zero attached hydrogens (tertiary/aromatic N) is 2. The van der Waals surface area contributed by atoms with Crippen molar-refractivity contribution in [2.24, 2.45) is 0 Å². The van der Waals surface area contributed by atoms with Crippen molar-refractivity contribution in [3.63, 3.8) is 0 Å². The number of hydrogen-bond donors (Lipinski definition) is 4. The number of ether oxygens (including phenoxy) is 1.